The average molecular weight is 498 g/mol. The number of carbonyl (C=O) groups is 1. The zero-order valence-electron chi connectivity index (χ0n) is 20.8. The Morgan fingerprint density at radius 1 is 1.31 bits per heavy atom. The van der Waals surface area contributed by atoms with Gasteiger partial charge in [-0.25, -0.2) is 4.39 Å². The van der Waals surface area contributed by atoms with Crippen LogP contribution in [0.2, 0.25) is 0 Å². The summed E-state index contributed by atoms with van der Waals surface area (Å²) in [6, 6.07) is 6.23. The van der Waals surface area contributed by atoms with Gasteiger partial charge in [0.1, 0.15) is 5.82 Å². The van der Waals surface area contributed by atoms with Gasteiger partial charge in [-0.3, -0.25) is 9.78 Å². The van der Waals surface area contributed by atoms with Crippen LogP contribution in [0.15, 0.2) is 24.4 Å². The van der Waals surface area contributed by atoms with Crippen molar-refractivity contribution in [1.29, 1.82) is 0 Å². The second-order valence-corrected chi connectivity index (χ2v) is 12.5. The third-order valence-corrected chi connectivity index (χ3v) is 10.3. The third-order valence-electron chi connectivity index (χ3n) is 8.92. The highest BCUT2D eigenvalue weighted by Crippen LogP contribution is 2.49. The van der Waals surface area contributed by atoms with Gasteiger partial charge in [-0.1, -0.05) is 6.92 Å². The highest BCUT2D eigenvalue weighted by atomic mass is 32.1. The number of halogens is 1. The highest BCUT2D eigenvalue weighted by Gasteiger charge is 2.53. The predicted molar refractivity (Wildman–Crippen MR) is 135 cm³/mol. The molecule has 2 aliphatic carbocycles. The van der Waals surface area contributed by atoms with Gasteiger partial charge in [-0.2, -0.15) is 0 Å². The number of pyridine rings is 1. The molecule has 7 heteroatoms. The molecule has 2 aromatic heterocycles. The monoisotopic (exact) mass is 497 g/mol. The second kappa shape index (κ2) is 8.93. The first-order chi connectivity index (χ1) is 16.9. The lowest BCUT2D eigenvalue weighted by atomic mass is 9.76. The number of hydrogen-bond acceptors (Lipinski definition) is 5. The van der Waals surface area contributed by atoms with E-state index in [0.29, 0.717) is 17.7 Å². The van der Waals surface area contributed by atoms with E-state index >= 15 is 0 Å². The van der Waals surface area contributed by atoms with Crippen LogP contribution in [0.3, 0.4) is 0 Å². The van der Waals surface area contributed by atoms with Gasteiger partial charge < -0.3 is 15.0 Å². The van der Waals surface area contributed by atoms with E-state index in [-0.39, 0.29) is 23.4 Å². The summed E-state index contributed by atoms with van der Waals surface area (Å²) >= 11 is 1.99. The van der Waals surface area contributed by atoms with Crippen molar-refractivity contribution >= 4 is 17.2 Å². The van der Waals surface area contributed by atoms with Crippen molar-refractivity contribution in [2.75, 3.05) is 19.7 Å². The van der Waals surface area contributed by atoms with E-state index in [9.17, 15) is 9.18 Å². The van der Waals surface area contributed by atoms with Crippen LogP contribution in [-0.2, 0) is 33.4 Å². The molecular weight excluding hydrogens is 461 g/mol. The molecule has 2 atom stereocenters. The van der Waals surface area contributed by atoms with Gasteiger partial charge in [-0.05, 0) is 81.5 Å². The Labute approximate surface area is 211 Å². The lowest BCUT2D eigenvalue weighted by molar-refractivity contribution is -0.126. The minimum Gasteiger partial charge on any atom is -0.370 e. The number of nitrogens with zero attached hydrogens (tertiary/aromatic N) is 2. The maximum atomic E-state index is 13.2. The van der Waals surface area contributed by atoms with E-state index < -0.39 is 5.41 Å². The molecule has 1 N–H and O–H groups in total. The largest absolute Gasteiger partial charge is 0.370 e. The fourth-order valence-corrected chi connectivity index (χ4v) is 7.77. The summed E-state index contributed by atoms with van der Waals surface area (Å²) in [5.74, 6) is 0.341. The second-order valence-electron chi connectivity index (χ2n) is 11.2. The summed E-state index contributed by atoms with van der Waals surface area (Å²) in [7, 11) is 0. The quantitative estimate of drug-likeness (QED) is 0.627. The molecule has 4 aliphatic rings. The molecule has 1 amide bonds. The van der Waals surface area contributed by atoms with Gasteiger partial charge in [0.25, 0.3) is 0 Å². The number of nitrogens with one attached hydrogen (secondary N) is 1. The van der Waals surface area contributed by atoms with E-state index in [1.807, 2.05) is 11.3 Å². The van der Waals surface area contributed by atoms with Crippen molar-refractivity contribution < 1.29 is 13.9 Å². The highest BCUT2D eigenvalue weighted by molar-refractivity contribution is 7.12. The molecule has 5 nitrogen and oxygen atoms in total. The summed E-state index contributed by atoms with van der Waals surface area (Å²) < 4.78 is 19.7. The van der Waals surface area contributed by atoms with Crippen molar-refractivity contribution in [1.82, 2.24) is 15.2 Å². The van der Waals surface area contributed by atoms with Crippen molar-refractivity contribution in [3.63, 3.8) is 0 Å². The van der Waals surface area contributed by atoms with Gasteiger partial charge in [0.2, 0.25) is 5.91 Å². The standard InChI is InChI=1S/C28H36FN3O2S/c1-3-22-14-23-24(35-22)6-11-34-28(23)9-10-32(18(2)15-28)17-19-12-21(13-19)31-26(33)27(7-8-27)25-5-4-20(29)16-30-25/h4-5,14,16,18-19,21H,3,6-13,15,17H2,1-2H3,(H,31,33)/t18-,19-,21+,28+/m0/s1. The number of amides is 1. The smallest absolute Gasteiger partial charge is 0.232 e. The molecule has 35 heavy (non-hydrogen) atoms. The SMILES string of the molecule is CCc1cc2c(s1)CCO[C@@]21CCN(C[C@H]2C[C@@H](NC(=O)C3(c4ccc(F)cn4)CC3)C2)[C@@H](C)C1. The molecule has 188 valence electrons. The van der Waals surface area contributed by atoms with Crippen LogP contribution in [0, 0.1) is 11.7 Å². The molecule has 0 radical (unpaired) electrons. The fourth-order valence-electron chi connectivity index (χ4n) is 6.59. The minimum atomic E-state index is -0.535. The Morgan fingerprint density at radius 3 is 2.83 bits per heavy atom. The number of ether oxygens (including phenoxy) is 1. The molecule has 4 heterocycles. The van der Waals surface area contributed by atoms with E-state index in [4.69, 9.17) is 4.74 Å². The molecule has 1 spiro atoms. The first-order valence-corrected chi connectivity index (χ1v) is 14.2. The number of hydrogen-bond donors (Lipinski definition) is 1. The Bertz CT molecular complexity index is 1090. The summed E-state index contributed by atoms with van der Waals surface area (Å²) in [5.41, 5.74) is 1.56. The van der Waals surface area contributed by atoms with Gasteiger partial charge in [0.05, 0.1) is 29.5 Å². The van der Waals surface area contributed by atoms with Crippen molar-refractivity contribution in [2.24, 2.45) is 5.92 Å². The molecular formula is C28H36FN3O2S. The predicted octanol–water partition coefficient (Wildman–Crippen LogP) is 4.72. The van der Waals surface area contributed by atoms with Crippen molar-refractivity contribution in [3.8, 4) is 0 Å². The number of thiophene rings is 1. The lowest BCUT2D eigenvalue weighted by Crippen LogP contribution is -2.54. The molecule has 2 aliphatic heterocycles. The fraction of sp³-hybridized carbons (Fsp3) is 0.643. The number of fused-ring (bicyclic) bond motifs is 2. The number of rotatable bonds is 6. The van der Waals surface area contributed by atoms with Crippen LogP contribution >= 0.6 is 11.3 Å². The Morgan fingerprint density at radius 2 is 2.14 bits per heavy atom. The van der Waals surface area contributed by atoms with Gasteiger partial charge in [-0.15, -0.1) is 11.3 Å². The van der Waals surface area contributed by atoms with Gasteiger partial charge in [0.15, 0.2) is 0 Å². The molecule has 2 aromatic rings. The van der Waals surface area contributed by atoms with Gasteiger partial charge in [0, 0.05) is 41.3 Å². The molecule has 2 saturated carbocycles. The Kier molecular flexibility index (Phi) is 6.01. The van der Waals surface area contributed by atoms with E-state index in [0.717, 1.165) is 71.1 Å². The third kappa shape index (κ3) is 4.23. The van der Waals surface area contributed by atoms with E-state index in [1.54, 1.807) is 10.9 Å². The van der Waals surface area contributed by atoms with Crippen LogP contribution in [0.1, 0.15) is 73.4 Å². The Balaban J connectivity index is 1.01. The number of aryl methyl sites for hydroxylation is 1. The molecule has 0 aromatic carbocycles. The maximum absolute atomic E-state index is 13.2. The average Bonchev–Trinajstić information content (AvgIpc) is 3.52. The number of aromatic nitrogens is 1. The zero-order chi connectivity index (χ0) is 24.2. The zero-order valence-corrected chi connectivity index (χ0v) is 21.6. The lowest BCUT2D eigenvalue weighted by Gasteiger charge is -2.49. The van der Waals surface area contributed by atoms with Crippen LogP contribution in [0.5, 0.6) is 0 Å². The molecule has 0 bridgehead atoms. The van der Waals surface area contributed by atoms with Crippen LogP contribution in [0.4, 0.5) is 4.39 Å². The molecule has 6 rings (SSSR count). The summed E-state index contributed by atoms with van der Waals surface area (Å²) in [6.07, 6.45) is 9.21. The number of likely N-dealkylation sites (tertiary alicyclic amines) is 1. The number of piperidine rings is 1. The molecule has 1 saturated heterocycles. The first kappa shape index (κ1) is 23.6. The normalized spacial score (nSPS) is 31.6. The van der Waals surface area contributed by atoms with Gasteiger partial charge >= 0.3 is 0 Å². The van der Waals surface area contributed by atoms with Crippen LogP contribution < -0.4 is 5.32 Å². The van der Waals surface area contributed by atoms with Crippen LogP contribution in [-0.4, -0.2) is 47.6 Å². The minimum absolute atomic E-state index is 0.0702. The maximum Gasteiger partial charge on any atom is 0.232 e. The first-order valence-electron chi connectivity index (χ1n) is 13.3. The summed E-state index contributed by atoms with van der Waals surface area (Å²) in [4.78, 5) is 22.9. The van der Waals surface area contributed by atoms with Crippen molar-refractivity contribution in [3.05, 3.63) is 51.2 Å². The van der Waals surface area contributed by atoms with E-state index in [1.165, 1.54) is 22.7 Å². The summed E-state index contributed by atoms with van der Waals surface area (Å²) in [6.45, 7) is 7.63. The molecule has 0 unspecified atom stereocenters. The van der Waals surface area contributed by atoms with Crippen LogP contribution in [0.25, 0.3) is 0 Å². The molecule has 3 fully saturated rings. The number of carbonyl (C=O) groups excluding carboxylic acids is 1. The Hall–Kier alpha value is -1.83. The topological polar surface area (TPSA) is 54.5 Å². The van der Waals surface area contributed by atoms with E-state index in [2.05, 4.69) is 35.1 Å². The summed E-state index contributed by atoms with van der Waals surface area (Å²) in [5, 5.41) is 3.27. The van der Waals surface area contributed by atoms with Crippen molar-refractivity contribution in [2.45, 2.75) is 88.3 Å².